The molecule has 1 aliphatic rings. The van der Waals surface area contributed by atoms with Gasteiger partial charge in [0.1, 0.15) is 6.04 Å². The fourth-order valence-corrected chi connectivity index (χ4v) is 2.33. The number of hydrogen-bond donors (Lipinski definition) is 0. The van der Waals surface area contributed by atoms with Crippen LogP contribution in [0.3, 0.4) is 0 Å². The van der Waals surface area contributed by atoms with Gasteiger partial charge in [0.25, 0.3) is 0 Å². The highest BCUT2D eigenvalue weighted by molar-refractivity contribution is 5.15. The predicted octanol–water partition coefficient (Wildman–Crippen LogP) is 2.96. The molecule has 96 valence electrons. The number of nitriles is 1. The zero-order valence-corrected chi connectivity index (χ0v) is 9.69. The van der Waals surface area contributed by atoms with Gasteiger partial charge in [-0.25, -0.2) is 0 Å². The van der Waals surface area contributed by atoms with E-state index in [-0.39, 0.29) is 19.5 Å². The van der Waals surface area contributed by atoms with E-state index >= 15 is 0 Å². The Kier molecular flexibility index (Phi) is 3.58. The average Bonchev–Trinajstić information content (AvgIpc) is 2.73. The molecule has 0 aromatic heterocycles. The van der Waals surface area contributed by atoms with E-state index in [0.29, 0.717) is 0 Å². The topological polar surface area (TPSA) is 27.0 Å². The monoisotopic (exact) mass is 254 g/mol. The van der Waals surface area contributed by atoms with Crippen molar-refractivity contribution in [2.75, 3.05) is 6.54 Å². The van der Waals surface area contributed by atoms with Crippen molar-refractivity contribution >= 4 is 0 Å². The van der Waals surface area contributed by atoms with Gasteiger partial charge in [0.2, 0.25) is 0 Å². The maximum atomic E-state index is 12.9. The third kappa shape index (κ3) is 2.82. The summed E-state index contributed by atoms with van der Waals surface area (Å²) in [4.78, 5) is 1.35. The Bertz CT molecular complexity index is 436. The number of likely N-dealkylation sites (tertiary alicyclic amines) is 1. The summed E-state index contributed by atoms with van der Waals surface area (Å²) in [6, 6.07) is 9.47. The van der Waals surface area contributed by atoms with Crippen molar-refractivity contribution in [2.24, 2.45) is 5.92 Å². The molecule has 0 bridgehead atoms. The van der Waals surface area contributed by atoms with E-state index in [2.05, 4.69) is 0 Å². The van der Waals surface area contributed by atoms with Crippen LogP contribution in [-0.4, -0.2) is 23.7 Å². The van der Waals surface area contributed by atoms with Crippen molar-refractivity contribution in [3.63, 3.8) is 0 Å². The molecule has 2 nitrogen and oxygen atoms in total. The number of hydrogen-bond acceptors (Lipinski definition) is 2. The van der Waals surface area contributed by atoms with Crippen LogP contribution < -0.4 is 0 Å². The molecule has 2 rings (SSSR count). The van der Waals surface area contributed by atoms with E-state index in [1.54, 1.807) is 24.3 Å². The summed E-state index contributed by atoms with van der Waals surface area (Å²) in [5.74, 6) is -0.527. The molecule has 0 saturated carbocycles. The number of alkyl halides is 3. The van der Waals surface area contributed by atoms with E-state index in [1.807, 2.05) is 12.1 Å². The zero-order chi connectivity index (χ0) is 13.2. The summed E-state index contributed by atoms with van der Waals surface area (Å²) in [7, 11) is 0. The van der Waals surface area contributed by atoms with Gasteiger partial charge in [0.15, 0.2) is 0 Å². The molecule has 5 heteroatoms. The van der Waals surface area contributed by atoms with Crippen LogP contribution in [0.1, 0.15) is 12.0 Å². The Labute approximate surface area is 104 Å². The van der Waals surface area contributed by atoms with Crippen molar-refractivity contribution in [3.8, 4) is 6.07 Å². The van der Waals surface area contributed by atoms with Gasteiger partial charge in [-0.1, -0.05) is 30.3 Å². The van der Waals surface area contributed by atoms with Crippen LogP contribution in [-0.2, 0) is 6.54 Å². The first-order chi connectivity index (χ1) is 8.50. The summed E-state index contributed by atoms with van der Waals surface area (Å²) >= 11 is 0. The van der Waals surface area contributed by atoms with Crippen LogP contribution in [0.2, 0.25) is 0 Å². The lowest BCUT2D eigenvalue weighted by Gasteiger charge is -2.26. The first-order valence-corrected chi connectivity index (χ1v) is 5.75. The first kappa shape index (κ1) is 12.9. The van der Waals surface area contributed by atoms with Gasteiger partial charge < -0.3 is 0 Å². The van der Waals surface area contributed by atoms with Crippen LogP contribution in [0.4, 0.5) is 13.2 Å². The molecule has 0 N–H and O–H groups in total. The molecular weight excluding hydrogens is 241 g/mol. The summed E-state index contributed by atoms with van der Waals surface area (Å²) in [5.41, 5.74) is 0.838. The molecule has 18 heavy (non-hydrogen) atoms. The Morgan fingerprint density at radius 1 is 1.28 bits per heavy atom. The summed E-state index contributed by atoms with van der Waals surface area (Å²) in [6.07, 6.45) is -4.38. The van der Waals surface area contributed by atoms with Crippen LogP contribution in [0, 0.1) is 17.2 Å². The maximum Gasteiger partial charge on any atom is 0.404 e. The zero-order valence-electron chi connectivity index (χ0n) is 9.69. The van der Waals surface area contributed by atoms with Gasteiger partial charge in [0.05, 0.1) is 12.0 Å². The van der Waals surface area contributed by atoms with E-state index < -0.39 is 18.1 Å². The second-order valence-electron chi connectivity index (χ2n) is 4.53. The molecule has 2 atom stereocenters. The van der Waals surface area contributed by atoms with Crippen molar-refractivity contribution in [1.29, 1.82) is 5.26 Å². The molecule has 0 unspecified atom stereocenters. The Hall–Kier alpha value is -1.54. The summed E-state index contributed by atoms with van der Waals surface area (Å²) < 4.78 is 38.6. The molecule has 1 aliphatic heterocycles. The molecular formula is C13H13F3N2. The standard InChI is InChI=1S/C13H13F3N2/c14-13(15,16)12-6-11(7-17)9-18(12)8-10-4-2-1-3-5-10/h1-5,11-12H,6,8-9H2/t11-,12+/m1/s1. The third-order valence-corrected chi connectivity index (χ3v) is 3.19. The smallest absolute Gasteiger partial charge is 0.287 e. The van der Waals surface area contributed by atoms with Crippen molar-refractivity contribution in [2.45, 2.75) is 25.2 Å². The van der Waals surface area contributed by atoms with Crippen LogP contribution >= 0.6 is 0 Å². The van der Waals surface area contributed by atoms with E-state index in [0.717, 1.165) is 5.56 Å². The van der Waals surface area contributed by atoms with Crippen molar-refractivity contribution in [3.05, 3.63) is 35.9 Å². The molecule has 0 aliphatic carbocycles. The number of rotatable bonds is 2. The summed E-state index contributed by atoms with van der Waals surface area (Å²) in [6.45, 7) is 0.429. The Balaban J connectivity index is 2.13. The van der Waals surface area contributed by atoms with Gasteiger partial charge in [0, 0.05) is 13.1 Å². The van der Waals surface area contributed by atoms with Gasteiger partial charge in [-0.05, 0) is 12.0 Å². The van der Waals surface area contributed by atoms with Gasteiger partial charge >= 0.3 is 6.18 Å². The van der Waals surface area contributed by atoms with Gasteiger partial charge in [-0.15, -0.1) is 0 Å². The van der Waals surface area contributed by atoms with Crippen LogP contribution in [0.5, 0.6) is 0 Å². The second-order valence-corrected chi connectivity index (χ2v) is 4.53. The minimum absolute atomic E-state index is 0.118. The number of benzene rings is 1. The fourth-order valence-electron chi connectivity index (χ4n) is 2.33. The third-order valence-electron chi connectivity index (χ3n) is 3.19. The molecule has 1 aromatic rings. The highest BCUT2D eigenvalue weighted by atomic mass is 19.4. The predicted molar refractivity (Wildman–Crippen MR) is 60.4 cm³/mol. The lowest BCUT2D eigenvalue weighted by molar-refractivity contribution is -0.177. The normalized spacial score (nSPS) is 25.0. The molecule has 1 heterocycles. The number of nitrogens with zero attached hydrogens (tertiary/aromatic N) is 2. The molecule has 0 spiro atoms. The molecule has 1 saturated heterocycles. The van der Waals surface area contributed by atoms with Gasteiger partial charge in [-0.2, -0.15) is 18.4 Å². The number of halogens is 3. The van der Waals surface area contributed by atoms with E-state index in [4.69, 9.17) is 5.26 Å². The largest absolute Gasteiger partial charge is 0.404 e. The van der Waals surface area contributed by atoms with Crippen molar-refractivity contribution < 1.29 is 13.2 Å². The van der Waals surface area contributed by atoms with Crippen LogP contribution in [0.15, 0.2) is 30.3 Å². The first-order valence-electron chi connectivity index (χ1n) is 5.75. The molecule has 0 radical (unpaired) electrons. The molecule has 0 amide bonds. The van der Waals surface area contributed by atoms with Crippen LogP contribution in [0.25, 0.3) is 0 Å². The van der Waals surface area contributed by atoms with Gasteiger partial charge in [-0.3, -0.25) is 4.90 Å². The minimum Gasteiger partial charge on any atom is -0.287 e. The van der Waals surface area contributed by atoms with E-state index in [9.17, 15) is 13.2 Å². The highest BCUT2D eigenvalue weighted by Crippen LogP contribution is 2.35. The highest BCUT2D eigenvalue weighted by Gasteiger charge is 2.48. The van der Waals surface area contributed by atoms with Crippen molar-refractivity contribution in [1.82, 2.24) is 4.90 Å². The minimum atomic E-state index is -4.26. The molecule has 1 aromatic carbocycles. The van der Waals surface area contributed by atoms with E-state index in [1.165, 1.54) is 4.90 Å². The maximum absolute atomic E-state index is 12.9. The molecule has 1 fully saturated rings. The quantitative estimate of drug-likeness (QED) is 0.811. The fraction of sp³-hybridized carbons (Fsp3) is 0.462. The Morgan fingerprint density at radius 3 is 2.50 bits per heavy atom. The lowest BCUT2D eigenvalue weighted by atomic mass is 10.1. The summed E-state index contributed by atoms with van der Waals surface area (Å²) in [5, 5.41) is 8.79. The lowest BCUT2D eigenvalue weighted by Crippen LogP contribution is -2.40. The second kappa shape index (κ2) is 4.99. The Morgan fingerprint density at radius 2 is 1.94 bits per heavy atom. The average molecular weight is 254 g/mol. The SMILES string of the molecule is N#C[C@H]1C[C@@H](C(F)(F)F)N(Cc2ccccc2)C1.